The number of esters is 2. The van der Waals surface area contributed by atoms with Gasteiger partial charge in [-0.2, -0.15) is 18.2 Å². The van der Waals surface area contributed by atoms with Crippen LogP contribution in [-0.4, -0.2) is 38.0 Å². The van der Waals surface area contributed by atoms with Crippen molar-refractivity contribution >= 4 is 46.5 Å². The van der Waals surface area contributed by atoms with Crippen molar-refractivity contribution in [3.8, 4) is 0 Å². The van der Waals surface area contributed by atoms with Crippen molar-refractivity contribution in [2.45, 2.75) is 6.42 Å². The number of hydrogen-bond acceptors (Lipinski definition) is 6. The van der Waals surface area contributed by atoms with Gasteiger partial charge in [-0.05, 0) is 47.5 Å². The number of rotatable bonds is 5. The number of anilines is 1. The van der Waals surface area contributed by atoms with Crippen LogP contribution in [0.1, 0.15) is 22.3 Å². The average Bonchev–Trinajstić information content (AvgIpc) is 3.40. The standard InChI is InChI=1S/C27H20N3O3.W/c1-30(2)21-12-6-17(7-13-21)16-28-20-10-8-18(9-11-20)24-14-19-4-3-5-22(26(19)29-24)23-15-25(31)33-27(23)32;/h3,5-13,15-16H,14H2,1-2H3;/q-1;+2. The zero-order valence-corrected chi connectivity index (χ0v) is 21.5. The summed E-state index contributed by atoms with van der Waals surface area (Å²) in [5.41, 5.74) is 7.24. The zero-order valence-electron chi connectivity index (χ0n) is 18.6. The van der Waals surface area contributed by atoms with E-state index in [0.29, 0.717) is 17.7 Å². The molecule has 166 valence electrons. The second-order valence-electron chi connectivity index (χ2n) is 8.01. The van der Waals surface area contributed by atoms with Crippen molar-refractivity contribution in [2.75, 3.05) is 19.0 Å². The fourth-order valence-corrected chi connectivity index (χ4v) is 3.81. The van der Waals surface area contributed by atoms with Crippen LogP contribution in [0.2, 0.25) is 0 Å². The Labute approximate surface area is 212 Å². The van der Waals surface area contributed by atoms with Gasteiger partial charge >= 0.3 is 33.0 Å². The smallest absolute Gasteiger partial charge is 0.386 e. The quantitative estimate of drug-likeness (QED) is 0.184. The van der Waals surface area contributed by atoms with Gasteiger partial charge < -0.3 is 14.6 Å². The minimum absolute atomic E-state index is 0. The van der Waals surface area contributed by atoms with Gasteiger partial charge in [0.1, 0.15) is 0 Å². The van der Waals surface area contributed by atoms with Crippen LogP contribution >= 0.6 is 0 Å². The predicted octanol–water partition coefficient (Wildman–Crippen LogP) is 4.44. The summed E-state index contributed by atoms with van der Waals surface area (Å²) in [6.45, 7) is 0. The second kappa shape index (κ2) is 9.70. The summed E-state index contributed by atoms with van der Waals surface area (Å²) < 4.78 is 4.64. The number of fused-ring (bicyclic) bond motifs is 1. The van der Waals surface area contributed by atoms with Gasteiger partial charge in [0.05, 0.1) is 11.3 Å². The molecule has 7 heteroatoms. The van der Waals surface area contributed by atoms with Crippen LogP contribution in [0.15, 0.2) is 76.7 Å². The Morgan fingerprint density at radius 1 is 1.03 bits per heavy atom. The molecule has 2 aliphatic heterocycles. The predicted molar refractivity (Wildman–Crippen MR) is 129 cm³/mol. The summed E-state index contributed by atoms with van der Waals surface area (Å²) in [7, 11) is 4.02. The maximum absolute atomic E-state index is 12.0. The van der Waals surface area contributed by atoms with Gasteiger partial charge in [-0.25, -0.2) is 9.59 Å². The van der Waals surface area contributed by atoms with E-state index in [0.717, 1.165) is 33.8 Å². The maximum atomic E-state index is 12.0. The van der Waals surface area contributed by atoms with Crippen molar-refractivity contribution < 1.29 is 35.4 Å². The fraction of sp³-hybridized carbons (Fsp3) is 0.111. The average molecular weight is 618 g/mol. The number of nitrogens with zero attached hydrogens (tertiary/aromatic N) is 3. The molecule has 5 rings (SSSR count). The van der Waals surface area contributed by atoms with Gasteiger partial charge in [-0.1, -0.05) is 29.8 Å². The van der Waals surface area contributed by atoms with Crippen LogP contribution in [0, 0.1) is 6.07 Å². The molecule has 0 aliphatic carbocycles. The fourth-order valence-electron chi connectivity index (χ4n) is 3.81. The van der Waals surface area contributed by atoms with Gasteiger partial charge in [0.25, 0.3) is 0 Å². The summed E-state index contributed by atoms with van der Waals surface area (Å²) >= 11 is 0. The van der Waals surface area contributed by atoms with E-state index in [1.165, 1.54) is 6.08 Å². The first-order valence-electron chi connectivity index (χ1n) is 10.5. The first kappa shape index (κ1) is 23.5. The molecule has 0 spiro atoms. The Morgan fingerprint density at radius 3 is 2.41 bits per heavy atom. The first-order valence-corrected chi connectivity index (χ1v) is 10.5. The molecule has 0 aromatic heterocycles. The van der Waals surface area contributed by atoms with Gasteiger partial charge in [-0.15, -0.1) is 5.56 Å². The second-order valence-corrected chi connectivity index (χ2v) is 8.01. The van der Waals surface area contributed by atoms with E-state index in [-0.39, 0.29) is 26.6 Å². The van der Waals surface area contributed by atoms with E-state index >= 15 is 0 Å². The molecule has 2 heterocycles. The molecule has 6 nitrogen and oxygen atoms in total. The third-order valence-electron chi connectivity index (χ3n) is 5.58. The van der Waals surface area contributed by atoms with Gasteiger partial charge in [0, 0.05) is 37.8 Å². The molecule has 0 atom stereocenters. The molecule has 0 bridgehead atoms. The Morgan fingerprint density at radius 2 is 1.76 bits per heavy atom. The third kappa shape index (κ3) is 4.68. The number of carbonyl (C=O) groups excluding carboxylic acids is 2. The molecule has 0 radical (unpaired) electrons. The SMILES string of the molecule is CN(C)c1ccc(C=Nc2ccc(C3=Nc4c([c-]ccc4C4=CC(=O)OC4=O)C3)cc2)cc1.[W+2]. The Bertz CT molecular complexity index is 1350. The molecule has 34 heavy (non-hydrogen) atoms. The van der Waals surface area contributed by atoms with E-state index in [1.54, 1.807) is 12.1 Å². The largest absolute Gasteiger partial charge is 2.00 e. The summed E-state index contributed by atoms with van der Waals surface area (Å²) in [4.78, 5) is 34.8. The Balaban J connectivity index is 0.00000274. The number of benzene rings is 3. The molecule has 0 N–H and O–H groups in total. The molecular weight excluding hydrogens is 598 g/mol. The minimum Gasteiger partial charge on any atom is -0.386 e. The van der Waals surface area contributed by atoms with E-state index in [9.17, 15) is 9.59 Å². The molecule has 3 aromatic rings. The molecule has 0 saturated carbocycles. The summed E-state index contributed by atoms with van der Waals surface area (Å²) in [5, 5.41) is 0. The normalized spacial score (nSPS) is 14.4. The molecule has 2 aliphatic rings. The molecule has 0 saturated heterocycles. The van der Waals surface area contributed by atoms with E-state index < -0.39 is 11.9 Å². The summed E-state index contributed by atoms with van der Waals surface area (Å²) in [6, 6.07) is 22.7. The molecule has 0 unspecified atom stereocenters. The van der Waals surface area contributed by atoms with Crippen LogP contribution in [0.5, 0.6) is 0 Å². The molecule has 0 amide bonds. The van der Waals surface area contributed by atoms with E-state index in [2.05, 4.69) is 32.8 Å². The van der Waals surface area contributed by atoms with Crippen LogP contribution < -0.4 is 4.90 Å². The van der Waals surface area contributed by atoms with Crippen LogP contribution in [0.3, 0.4) is 0 Å². The molecule has 0 fully saturated rings. The number of ether oxygens (including phenoxy) is 1. The van der Waals surface area contributed by atoms with Crippen molar-refractivity contribution in [1.29, 1.82) is 0 Å². The van der Waals surface area contributed by atoms with Crippen molar-refractivity contribution in [3.05, 3.63) is 95.1 Å². The van der Waals surface area contributed by atoms with Crippen LogP contribution in [0.4, 0.5) is 17.1 Å². The summed E-state index contributed by atoms with van der Waals surface area (Å²) in [5.74, 6) is -1.29. The van der Waals surface area contributed by atoms with Crippen molar-refractivity contribution in [2.24, 2.45) is 9.98 Å². The monoisotopic (exact) mass is 618 g/mol. The number of cyclic esters (lactones) is 2. The number of carbonyl (C=O) groups is 2. The van der Waals surface area contributed by atoms with Crippen LogP contribution in [0.25, 0.3) is 5.57 Å². The third-order valence-corrected chi connectivity index (χ3v) is 5.58. The number of hydrogen-bond donors (Lipinski definition) is 0. The number of aliphatic imine (C=N–C) groups is 2. The van der Waals surface area contributed by atoms with Gasteiger partial charge in [0.2, 0.25) is 0 Å². The maximum Gasteiger partial charge on any atom is 2.00 e. The Hall–Kier alpha value is -3.63. The minimum atomic E-state index is -0.649. The van der Waals surface area contributed by atoms with Gasteiger partial charge in [0.15, 0.2) is 0 Å². The van der Waals surface area contributed by atoms with Gasteiger partial charge in [-0.3, -0.25) is 4.99 Å². The first-order chi connectivity index (χ1) is 16.0. The van der Waals surface area contributed by atoms with Crippen LogP contribution in [-0.2, 0) is 41.8 Å². The Kier molecular flexibility index (Phi) is 6.71. The summed E-state index contributed by atoms with van der Waals surface area (Å²) in [6.07, 6.45) is 3.65. The zero-order chi connectivity index (χ0) is 22.9. The van der Waals surface area contributed by atoms with Crippen molar-refractivity contribution in [1.82, 2.24) is 0 Å². The van der Waals surface area contributed by atoms with E-state index in [4.69, 9.17) is 4.99 Å². The molecule has 3 aromatic carbocycles. The van der Waals surface area contributed by atoms with Crippen molar-refractivity contribution in [3.63, 3.8) is 0 Å². The topological polar surface area (TPSA) is 71.3 Å². The molecular formula is C27H20N3O3W+. The van der Waals surface area contributed by atoms with E-state index in [1.807, 2.05) is 56.7 Å².